The van der Waals surface area contributed by atoms with Gasteiger partial charge in [-0.25, -0.2) is 4.99 Å². The third-order valence-electron chi connectivity index (χ3n) is 3.28. The number of rotatable bonds is 1. The minimum Gasteiger partial charge on any atom is -0.369 e. The number of likely N-dealkylation sites (tertiary alicyclic amines) is 1. The summed E-state index contributed by atoms with van der Waals surface area (Å²) < 4.78 is 0. The molecule has 1 saturated heterocycles. The molecule has 1 aromatic carbocycles. The van der Waals surface area contributed by atoms with E-state index in [0.29, 0.717) is 22.6 Å². The lowest BCUT2D eigenvalue weighted by Crippen LogP contribution is -2.44. The first kappa shape index (κ1) is 17.6. The van der Waals surface area contributed by atoms with E-state index in [1.165, 1.54) is 6.42 Å². The second-order valence-corrected chi connectivity index (χ2v) is 5.55. The molecule has 5 nitrogen and oxygen atoms in total. The zero-order valence-corrected chi connectivity index (χ0v) is 13.6. The third kappa shape index (κ3) is 5.44. The van der Waals surface area contributed by atoms with Crippen LogP contribution >= 0.6 is 24.0 Å². The zero-order valence-electron chi connectivity index (χ0n) is 12.0. The van der Waals surface area contributed by atoms with Crippen molar-refractivity contribution in [3.05, 3.63) is 29.3 Å². The van der Waals surface area contributed by atoms with E-state index >= 15 is 0 Å². The van der Waals surface area contributed by atoms with Gasteiger partial charge in [-0.2, -0.15) is 4.99 Å². The van der Waals surface area contributed by atoms with Crippen LogP contribution in [-0.2, 0) is 0 Å². The van der Waals surface area contributed by atoms with Crippen LogP contribution in [0.2, 0.25) is 5.02 Å². The minimum atomic E-state index is 0. The van der Waals surface area contributed by atoms with Crippen molar-refractivity contribution >= 4 is 41.6 Å². The molecule has 1 unspecified atom stereocenters. The van der Waals surface area contributed by atoms with Crippen molar-refractivity contribution in [1.29, 1.82) is 0 Å². The molecule has 0 spiro atoms. The van der Waals surface area contributed by atoms with Crippen LogP contribution in [0.25, 0.3) is 0 Å². The molecular formula is C14H21Cl2N5. The maximum atomic E-state index is 5.98. The van der Waals surface area contributed by atoms with E-state index in [9.17, 15) is 0 Å². The van der Waals surface area contributed by atoms with Crippen LogP contribution in [0.4, 0.5) is 5.69 Å². The van der Waals surface area contributed by atoms with Crippen LogP contribution in [0.3, 0.4) is 0 Å². The van der Waals surface area contributed by atoms with Gasteiger partial charge >= 0.3 is 0 Å². The molecule has 1 heterocycles. The highest BCUT2D eigenvalue weighted by Gasteiger charge is 2.17. The topological polar surface area (TPSA) is 80.0 Å². The fourth-order valence-electron chi connectivity index (χ4n) is 2.26. The summed E-state index contributed by atoms with van der Waals surface area (Å²) >= 11 is 5.81. The number of piperidine rings is 1. The predicted molar refractivity (Wildman–Crippen MR) is 91.6 cm³/mol. The summed E-state index contributed by atoms with van der Waals surface area (Å²) in [5.74, 6) is 1.22. The van der Waals surface area contributed by atoms with Crippen molar-refractivity contribution in [1.82, 2.24) is 4.90 Å². The molecule has 1 fully saturated rings. The number of nitrogens with two attached hydrogens (primary N) is 2. The van der Waals surface area contributed by atoms with Crippen molar-refractivity contribution < 1.29 is 0 Å². The number of nitrogens with zero attached hydrogens (tertiary/aromatic N) is 3. The quantitative estimate of drug-likeness (QED) is 0.614. The number of halogens is 2. The monoisotopic (exact) mass is 329 g/mol. The normalized spacial score (nSPS) is 20.1. The van der Waals surface area contributed by atoms with Gasteiger partial charge in [0.25, 0.3) is 0 Å². The molecule has 1 aliphatic heterocycles. The first-order valence-electron chi connectivity index (χ1n) is 6.73. The lowest BCUT2D eigenvalue weighted by atomic mass is 10.0. The van der Waals surface area contributed by atoms with Crippen molar-refractivity contribution in [2.24, 2.45) is 27.4 Å². The fourth-order valence-corrected chi connectivity index (χ4v) is 2.38. The molecule has 0 amide bonds. The average Bonchev–Trinajstić information content (AvgIpc) is 2.41. The molecule has 2 rings (SSSR count). The molecular weight excluding hydrogens is 309 g/mol. The van der Waals surface area contributed by atoms with Crippen LogP contribution in [0.1, 0.15) is 19.8 Å². The summed E-state index contributed by atoms with van der Waals surface area (Å²) in [5, 5.41) is 0.660. The van der Waals surface area contributed by atoms with Gasteiger partial charge in [-0.3, -0.25) is 0 Å². The second-order valence-electron chi connectivity index (χ2n) is 5.11. The summed E-state index contributed by atoms with van der Waals surface area (Å²) in [5.41, 5.74) is 12.5. The largest absolute Gasteiger partial charge is 0.369 e. The lowest BCUT2D eigenvalue weighted by molar-refractivity contribution is 0.271. The molecule has 0 aromatic heterocycles. The van der Waals surface area contributed by atoms with Gasteiger partial charge in [-0.15, -0.1) is 12.4 Å². The average molecular weight is 330 g/mol. The van der Waals surface area contributed by atoms with Crippen LogP contribution in [0, 0.1) is 5.92 Å². The highest BCUT2D eigenvalue weighted by Crippen LogP contribution is 2.17. The Balaban J connectivity index is 0.00000220. The first-order valence-corrected chi connectivity index (χ1v) is 7.11. The lowest BCUT2D eigenvalue weighted by Gasteiger charge is -2.31. The van der Waals surface area contributed by atoms with Crippen molar-refractivity contribution in [2.75, 3.05) is 13.1 Å². The van der Waals surface area contributed by atoms with Crippen LogP contribution in [-0.4, -0.2) is 29.9 Å². The van der Waals surface area contributed by atoms with Gasteiger partial charge in [-0.05, 0) is 43.0 Å². The Kier molecular flexibility index (Phi) is 6.78. The van der Waals surface area contributed by atoms with Crippen LogP contribution < -0.4 is 11.5 Å². The van der Waals surface area contributed by atoms with Crippen LogP contribution in [0.5, 0.6) is 0 Å². The molecule has 0 bridgehead atoms. The molecule has 7 heteroatoms. The second kappa shape index (κ2) is 8.10. The van der Waals surface area contributed by atoms with Gasteiger partial charge in [0.15, 0.2) is 5.96 Å². The van der Waals surface area contributed by atoms with Crippen molar-refractivity contribution in [2.45, 2.75) is 19.8 Å². The Bertz CT molecular complexity index is 513. The maximum Gasteiger partial charge on any atom is 0.223 e. The van der Waals surface area contributed by atoms with E-state index in [2.05, 4.69) is 21.8 Å². The first-order chi connectivity index (χ1) is 9.54. The van der Waals surface area contributed by atoms with Crippen molar-refractivity contribution in [3.8, 4) is 0 Å². The Morgan fingerprint density at radius 1 is 1.29 bits per heavy atom. The van der Waals surface area contributed by atoms with E-state index in [4.69, 9.17) is 23.1 Å². The molecule has 21 heavy (non-hydrogen) atoms. The Hall–Kier alpha value is -1.46. The molecule has 0 aliphatic carbocycles. The van der Waals surface area contributed by atoms with Gasteiger partial charge in [0.2, 0.25) is 5.96 Å². The summed E-state index contributed by atoms with van der Waals surface area (Å²) in [6.45, 7) is 4.06. The van der Waals surface area contributed by atoms with Gasteiger partial charge in [0.1, 0.15) is 0 Å². The van der Waals surface area contributed by atoms with Gasteiger partial charge < -0.3 is 16.4 Å². The summed E-state index contributed by atoms with van der Waals surface area (Å²) in [6, 6.07) is 7.08. The van der Waals surface area contributed by atoms with E-state index in [1.54, 1.807) is 24.3 Å². The molecule has 0 radical (unpaired) electrons. The van der Waals surface area contributed by atoms with Gasteiger partial charge in [0, 0.05) is 18.1 Å². The predicted octanol–water partition coefficient (Wildman–Crippen LogP) is 2.75. The number of hydrogen-bond donors (Lipinski definition) is 2. The van der Waals surface area contributed by atoms with Gasteiger partial charge in [0.05, 0.1) is 5.69 Å². The summed E-state index contributed by atoms with van der Waals surface area (Å²) in [6.07, 6.45) is 2.36. The molecule has 1 aliphatic rings. The Morgan fingerprint density at radius 3 is 2.57 bits per heavy atom. The molecule has 1 atom stereocenters. The zero-order chi connectivity index (χ0) is 14.5. The standard InChI is InChI=1S/C14H20ClN5.ClH/c1-10-3-2-8-20(9-10)14(17)19-13(16)18-12-6-4-11(15)5-7-12;/h4-7,10H,2-3,8-9H2,1H3,(H4,16,17,18,19);1H. The van der Waals surface area contributed by atoms with E-state index < -0.39 is 0 Å². The molecule has 116 valence electrons. The highest BCUT2D eigenvalue weighted by atomic mass is 35.5. The van der Waals surface area contributed by atoms with Crippen LogP contribution in [0.15, 0.2) is 34.3 Å². The molecule has 1 aromatic rings. The van der Waals surface area contributed by atoms with Crippen molar-refractivity contribution in [3.63, 3.8) is 0 Å². The Labute approximate surface area is 136 Å². The fraction of sp³-hybridized carbons (Fsp3) is 0.429. The SMILES string of the molecule is CC1CCCN(C(N)=NC(N)=Nc2ccc(Cl)cc2)C1.Cl. The maximum absolute atomic E-state index is 5.98. The van der Waals surface area contributed by atoms with E-state index in [0.717, 1.165) is 19.5 Å². The smallest absolute Gasteiger partial charge is 0.223 e. The highest BCUT2D eigenvalue weighted by molar-refractivity contribution is 6.30. The van der Waals surface area contributed by atoms with E-state index in [1.807, 2.05) is 0 Å². The minimum absolute atomic E-state index is 0. The summed E-state index contributed by atoms with van der Waals surface area (Å²) in [7, 11) is 0. The number of guanidine groups is 2. The molecule has 4 N–H and O–H groups in total. The Morgan fingerprint density at radius 2 is 1.95 bits per heavy atom. The third-order valence-corrected chi connectivity index (χ3v) is 3.53. The van der Waals surface area contributed by atoms with Gasteiger partial charge in [-0.1, -0.05) is 18.5 Å². The summed E-state index contributed by atoms with van der Waals surface area (Å²) in [4.78, 5) is 10.4. The number of aliphatic imine (C=N–C) groups is 2. The van der Waals surface area contributed by atoms with E-state index in [-0.39, 0.29) is 18.4 Å². The number of hydrogen-bond acceptors (Lipinski definition) is 1. The number of benzene rings is 1. The molecule has 0 saturated carbocycles.